The molecule has 0 aliphatic carbocycles. The molecule has 0 unspecified atom stereocenters. The van der Waals surface area contributed by atoms with Crippen molar-refractivity contribution in [2.45, 2.75) is 18.5 Å². The van der Waals surface area contributed by atoms with Crippen molar-refractivity contribution >= 4 is 11.8 Å². The maximum atomic E-state index is 8.73. The van der Waals surface area contributed by atoms with Crippen molar-refractivity contribution in [2.75, 3.05) is 19.5 Å². The van der Waals surface area contributed by atoms with E-state index in [1.165, 1.54) is 0 Å². The fourth-order valence-electron chi connectivity index (χ4n) is 1.03. The van der Waals surface area contributed by atoms with Crippen LogP contribution in [0.4, 0.5) is 0 Å². The molecule has 0 aromatic carbocycles. The van der Waals surface area contributed by atoms with Gasteiger partial charge in [0.05, 0.1) is 0 Å². The number of aromatic nitrogens is 2. The molecule has 1 aromatic heterocycles. The smallest absolute Gasteiger partial charge is 0.189 e. The van der Waals surface area contributed by atoms with Crippen LogP contribution in [0.5, 0.6) is 0 Å². The third kappa shape index (κ3) is 4.28. The van der Waals surface area contributed by atoms with Gasteiger partial charge in [0, 0.05) is 25.2 Å². The topological polar surface area (TPSA) is 58.8 Å². The van der Waals surface area contributed by atoms with E-state index in [4.69, 9.17) is 10.00 Å². The van der Waals surface area contributed by atoms with E-state index < -0.39 is 0 Å². The molecular formula is C10H13N3OS. The molecule has 0 saturated heterocycles. The zero-order valence-corrected chi connectivity index (χ0v) is 9.67. The number of aryl methyl sites for hydroxylation is 1. The van der Waals surface area contributed by atoms with Gasteiger partial charge in [0.15, 0.2) is 5.16 Å². The summed E-state index contributed by atoms with van der Waals surface area (Å²) in [5.74, 6) is 0.905. The SMILES string of the molecule is COCCCSc1nc(C)cc(C#N)n1. The van der Waals surface area contributed by atoms with Gasteiger partial charge in [-0.2, -0.15) is 5.26 Å². The summed E-state index contributed by atoms with van der Waals surface area (Å²) < 4.78 is 4.94. The molecule has 1 aromatic rings. The Morgan fingerprint density at radius 2 is 2.33 bits per heavy atom. The van der Waals surface area contributed by atoms with Gasteiger partial charge in [-0.25, -0.2) is 9.97 Å². The lowest BCUT2D eigenvalue weighted by atomic mass is 10.4. The maximum absolute atomic E-state index is 8.73. The highest BCUT2D eigenvalue weighted by Crippen LogP contribution is 2.14. The molecule has 0 amide bonds. The first-order valence-corrected chi connectivity index (χ1v) is 5.62. The van der Waals surface area contributed by atoms with E-state index in [1.807, 2.05) is 13.0 Å². The van der Waals surface area contributed by atoms with E-state index in [0.29, 0.717) is 10.9 Å². The molecule has 0 N–H and O–H groups in total. The Morgan fingerprint density at radius 3 is 3.00 bits per heavy atom. The number of hydrogen-bond acceptors (Lipinski definition) is 5. The first kappa shape index (κ1) is 12.0. The largest absolute Gasteiger partial charge is 0.385 e. The molecule has 0 radical (unpaired) electrons. The number of nitriles is 1. The Kier molecular flexibility index (Phi) is 5.08. The lowest BCUT2D eigenvalue weighted by Gasteiger charge is -2.01. The van der Waals surface area contributed by atoms with Crippen molar-refractivity contribution in [3.05, 3.63) is 17.5 Å². The Labute approximate surface area is 93.7 Å². The van der Waals surface area contributed by atoms with Crippen LogP contribution in [0.15, 0.2) is 11.2 Å². The standard InChI is InChI=1S/C10H13N3OS/c1-8-6-9(7-11)13-10(12-8)15-5-3-4-14-2/h6H,3-5H2,1-2H3. The van der Waals surface area contributed by atoms with Crippen LogP contribution < -0.4 is 0 Å². The molecule has 0 aliphatic rings. The van der Waals surface area contributed by atoms with E-state index in [0.717, 1.165) is 24.5 Å². The van der Waals surface area contributed by atoms with E-state index in [-0.39, 0.29) is 0 Å². The zero-order valence-electron chi connectivity index (χ0n) is 8.86. The maximum Gasteiger partial charge on any atom is 0.189 e. The van der Waals surface area contributed by atoms with Gasteiger partial charge in [0.1, 0.15) is 11.8 Å². The van der Waals surface area contributed by atoms with Crippen LogP contribution in [0, 0.1) is 18.3 Å². The van der Waals surface area contributed by atoms with Crippen LogP contribution in [0.1, 0.15) is 17.8 Å². The number of hydrogen-bond donors (Lipinski definition) is 0. The van der Waals surface area contributed by atoms with Crippen LogP contribution in [0.2, 0.25) is 0 Å². The van der Waals surface area contributed by atoms with Gasteiger partial charge in [0.2, 0.25) is 0 Å². The molecule has 1 rings (SSSR count). The monoisotopic (exact) mass is 223 g/mol. The van der Waals surface area contributed by atoms with Gasteiger partial charge in [-0.3, -0.25) is 0 Å². The van der Waals surface area contributed by atoms with Gasteiger partial charge >= 0.3 is 0 Å². The van der Waals surface area contributed by atoms with Crippen LogP contribution >= 0.6 is 11.8 Å². The second-order valence-electron chi connectivity index (χ2n) is 2.98. The molecule has 0 saturated carbocycles. The van der Waals surface area contributed by atoms with Gasteiger partial charge in [-0.05, 0) is 19.4 Å². The van der Waals surface area contributed by atoms with Crippen LogP contribution in [0.25, 0.3) is 0 Å². The number of methoxy groups -OCH3 is 1. The zero-order chi connectivity index (χ0) is 11.1. The summed E-state index contributed by atoms with van der Waals surface area (Å²) in [5.41, 5.74) is 1.26. The molecule has 0 aliphatic heterocycles. The highest BCUT2D eigenvalue weighted by atomic mass is 32.2. The Bertz CT molecular complexity index is 362. The normalized spacial score (nSPS) is 9.93. The minimum absolute atomic E-state index is 0.428. The van der Waals surface area contributed by atoms with Crippen molar-refractivity contribution in [3.63, 3.8) is 0 Å². The summed E-state index contributed by atoms with van der Waals surface area (Å²) >= 11 is 1.55. The second kappa shape index (κ2) is 6.38. The average molecular weight is 223 g/mol. The van der Waals surface area contributed by atoms with Gasteiger partial charge in [0.25, 0.3) is 0 Å². The Morgan fingerprint density at radius 1 is 1.53 bits per heavy atom. The minimum atomic E-state index is 0.428. The molecule has 0 spiro atoms. The fourth-order valence-corrected chi connectivity index (χ4v) is 1.85. The van der Waals surface area contributed by atoms with Crippen molar-refractivity contribution in [1.82, 2.24) is 9.97 Å². The molecule has 4 nitrogen and oxygen atoms in total. The number of nitrogens with zero attached hydrogens (tertiary/aromatic N) is 3. The highest BCUT2D eigenvalue weighted by Gasteiger charge is 2.01. The third-order valence-electron chi connectivity index (χ3n) is 1.67. The van der Waals surface area contributed by atoms with Crippen LogP contribution in [-0.4, -0.2) is 29.4 Å². The summed E-state index contributed by atoms with van der Waals surface area (Å²) in [6.45, 7) is 2.60. The molecule has 80 valence electrons. The average Bonchev–Trinajstić information content (AvgIpc) is 2.23. The van der Waals surface area contributed by atoms with Crippen molar-refractivity contribution < 1.29 is 4.74 Å². The summed E-state index contributed by atoms with van der Waals surface area (Å²) in [5, 5.41) is 9.40. The predicted molar refractivity (Wildman–Crippen MR) is 58.7 cm³/mol. The summed E-state index contributed by atoms with van der Waals surface area (Å²) in [4.78, 5) is 8.34. The fraction of sp³-hybridized carbons (Fsp3) is 0.500. The first-order valence-electron chi connectivity index (χ1n) is 4.64. The molecule has 0 fully saturated rings. The lowest BCUT2D eigenvalue weighted by molar-refractivity contribution is 0.200. The van der Waals surface area contributed by atoms with Crippen molar-refractivity contribution in [3.8, 4) is 6.07 Å². The molecule has 5 heteroatoms. The summed E-state index contributed by atoms with van der Waals surface area (Å²) in [7, 11) is 1.68. The van der Waals surface area contributed by atoms with E-state index in [1.54, 1.807) is 24.9 Å². The second-order valence-corrected chi connectivity index (χ2v) is 4.05. The summed E-state index contributed by atoms with van der Waals surface area (Å²) in [6.07, 6.45) is 0.959. The lowest BCUT2D eigenvalue weighted by Crippen LogP contribution is -1.96. The van der Waals surface area contributed by atoms with Crippen LogP contribution in [-0.2, 0) is 4.74 Å². The molecule has 15 heavy (non-hydrogen) atoms. The third-order valence-corrected chi connectivity index (χ3v) is 2.61. The van der Waals surface area contributed by atoms with Crippen molar-refractivity contribution in [2.24, 2.45) is 0 Å². The molecule has 0 atom stereocenters. The number of ether oxygens (including phenoxy) is 1. The van der Waals surface area contributed by atoms with Gasteiger partial charge in [-0.15, -0.1) is 0 Å². The minimum Gasteiger partial charge on any atom is -0.385 e. The Hall–Kier alpha value is -1.12. The van der Waals surface area contributed by atoms with Crippen molar-refractivity contribution in [1.29, 1.82) is 5.26 Å². The first-order chi connectivity index (χ1) is 7.26. The Balaban J connectivity index is 2.54. The molecular weight excluding hydrogens is 210 g/mol. The van der Waals surface area contributed by atoms with E-state index in [2.05, 4.69) is 9.97 Å². The number of rotatable bonds is 5. The predicted octanol–water partition coefficient (Wildman–Crippen LogP) is 1.79. The molecule has 1 heterocycles. The number of thioether (sulfide) groups is 1. The highest BCUT2D eigenvalue weighted by molar-refractivity contribution is 7.99. The summed E-state index contributed by atoms with van der Waals surface area (Å²) in [6, 6.07) is 3.70. The van der Waals surface area contributed by atoms with E-state index >= 15 is 0 Å². The molecule has 0 bridgehead atoms. The quantitative estimate of drug-likeness (QED) is 0.432. The van der Waals surface area contributed by atoms with Crippen LogP contribution in [0.3, 0.4) is 0 Å². The van der Waals surface area contributed by atoms with E-state index in [9.17, 15) is 0 Å². The van der Waals surface area contributed by atoms with Gasteiger partial charge < -0.3 is 4.74 Å². The van der Waals surface area contributed by atoms with Gasteiger partial charge in [-0.1, -0.05) is 11.8 Å².